The van der Waals surface area contributed by atoms with E-state index in [4.69, 9.17) is 10.5 Å². The van der Waals surface area contributed by atoms with Crippen molar-refractivity contribution in [2.75, 3.05) is 20.7 Å². The molecule has 62 valence electrons. The van der Waals surface area contributed by atoms with Crippen LogP contribution in [0.2, 0.25) is 0 Å². The molecule has 11 heavy (non-hydrogen) atoms. The van der Waals surface area contributed by atoms with Gasteiger partial charge in [-0.1, -0.05) is 6.08 Å². The Balaban J connectivity index is 2.63. The Hall–Kier alpha value is -0.800. The Bertz CT molecular complexity index is 187. The highest BCUT2D eigenvalue weighted by molar-refractivity contribution is 5.24. The fourth-order valence-electron chi connectivity index (χ4n) is 1.09. The van der Waals surface area contributed by atoms with Crippen LogP contribution in [0, 0.1) is 0 Å². The van der Waals surface area contributed by atoms with Crippen LogP contribution in [0.1, 0.15) is 0 Å². The third-order valence-corrected chi connectivity index (χ3v) is 1.72. The van der Waals surface area contributed by atoms with E-state index < -0.39 is 0 Å². The summed E-state index contributed by atoms with van der Waals surface area (Å²) in [7, 11) is 3.65. The fourth-order valence-corrected chi connectivity index (χ4v) is 1.09. The largest absolute Gasteiger partial charge is 0.358 e. The summed E-state index contributed by atoms with van der Waals surface area (Å²) in [5.74, 6) is 0. The van der Waals surface area contributed by atoms with Gasteiger partial charge in [-0.05, 0) is 11.6 Å². The number of hydrogen-bond acceptors (Lipinski definition) is 3. The lowest BCUT2D eigenvalue weighted by Gasteiger charge is -2.26. The Kier molecular flexibility index (Phi) is 2.68. The Morgan fingerprint density at radius 1 is 1.73 bits per heavy atom. The van der Waals surface area contributed by atoms with E-state index in [1.807, 2.05) is 30.3 Å². The number of methoxy groups -OCH3 is 1. The fraction of sp³-hybridized carbons (Fsp3) is 0.500. The van der Waals surface area contributed by atoms with Crippen molar-refractivity contribution >= 4 is 0 Å². The summed E-state index contributed by atoms with van der Waals surface area (Å²) in [6.07, 6.45) is 6.04. The molecule has 0 fully saturated rings. The minimum atomic E-state index is 0.0605. The quantitative estimate of drug-likeness (QED) is 0.622. The topological polar surface area (TPSA) is 38.5 Å². The van der Waals surface area contributed by atoms with Gasteiger partial charge in [-0.25, -0.2) is 0 Å². The van der Waals surface area contributed by atoms with Crippen LogP contribution in [0.15, 0.2) is 23.9 Å². The molecule has 0 aliphatic carbocycles. The van der Waals surface area contributed by atoms with Crippen LogP contribution in [0.25, 0.3) is 0 Å². The van der Waals surface area contributed by atoms with Crippen LogP contribution in [-0.4, -0.2) is 31.8 Å². The van der Waals surface area contributed by atoms with Crippen LogP contribution in [0.4, 0.5) is 0 Å². The van der Waals surface area contributed by atoms with Crippen LogP contribution in [0.3, 0.4) is 0 Å². The predicted molar refractivity (Wildman–Crippen MR) is 44.8 cm³/mol. The molecule has 0 aromatic carbocycles. The molecule has 0 amide bonds. The highest BCUT2D eigenvalue weighted by atomic mass is 16.5. The molecule has 0 saturated heterocycles. The zero-order valence-corrected chi connectivity index (χ0v) is 6.95. The van der Waals surface area contributed by atoms with Gasteiger partial charge in [0.15, 0.2) is 0 Å². The number of nitrogens with zero attached hydrogens (tertiary/aromatic N) is 1. The lowest BCUT2D eigenvalue weighted by Crippen LogP contribution is -2.30. The maximum Gasteiger partial charge on any atom is 0.148 e. The Morgan fingerprint density at radius 2 is 2.45 bits per heavy atom. The molecule has 0 saturated carbocycles. The molecule has 3 nitrogen and oxygen atoms in total. The molecule has 0 bridgehead atoms. The van der Waals surface area contributed by atoms with Crippen molar-refractivity contribution in [1.29, 1.82) is 0 Å². The van der Waals surface area contributed by atoms with Gasteiger partial charge in [0.2, 0.25) is 0 Å². The molecule has 1 aliphatic heterocycles. The van der Waals surface area contributed by atoms with E-state index in [0.29, 0.717) is 6.54 Å². The molecule has 1 rings (SSSR count). The van der Waals surface area contributed by atoms with Crippen molar-refractivity contribution in [3.63, 3.8) is 0 Å². The molecule has 0 radical (unpaired) electrons. The maximum atomic E-state index is 5.47. The van der Waals surface area contributed by atoms with Gasteiger partial charge >= 0.3 is 0 Å². The third kappa shape index (κ3) is 1.82. The molecular formula is C8H14N2O. The Labute approximate surface area is 67.1 Å². The molecule has 0 aromatic rings. The van der Waals surface area contributed by atoms with Gasteiger partial charge in [0, 0.05) is 26.9 Å². The summed E-state index contributed by atoms with van der Waals surface area (Å²) in [6.45, 7) is 0.581. The van der Waals surface area contributed by atoms with Crippen molar-refractivity contribution in [1.82, 2.24) is 4.90 Å². The van der Waals surface area contributed by atoms with Gasteiger partial charge in [0.25, 0.3) is 0 Å². The van der Waals surface area contributed by atoms with Crippen LogP contribution in [0.5, 0.6) is 0 Å². The molecule has 0 spiro atoms. The third-order valence-electron chi connectivity index (χ3n) is 1.72. The second kappa shape index (κ2) is 3.55. The Morgan fingerprint density at radius 3 is 2.91 bits per heavy atom. The summed E-state index contributed by atoms with van der Waals surface area (Å²) in [5, 5.41) is 0. The van der Waals surface area contributed by atoms with Gasteiger partial charge in [-0.3, -0.25) is 0 Å². The predicted octanol–water partition coefficient (Wildman–Crippen LogP) is 0.303. The van der Waals surface area contributed by atoms with E-state index in [-0.39, 0.29) is 6.23 Å². The van der Waals surface area contributed by atoms with E-state index in [9.17, 15) is 0 Å². The zero-order valence-electron chi connectivity index (χ0n) is 6.95. The van der Waals surface area contributed by atoms with Crippen LogP contribution >= 0.6 is 0 Å². The van der Waals surface area contributed by atoms with Crippen molar-refractivity contribution in [3.8, 4) is 0 Å². The molecule has 1 unspecified atom stereocenters. The summed E-state index contributed by atoms with van der Waals surface area (Å²) in [5.41, 5.74) is 6.59. The summed E-state index contributed by atoms with van der Waals surface area (Å²) in [6, 6.07) is 0. The van der Waals surface area contributed by atoms with Gasteiger partial charge in [-0.2, -0.15) is 0 Å². The van der Waals surface area contributed by atoms with Crippen LogP contribution in [-0.2, 0) is 4.74 Å². The summed E-state index contributed by atoms with van der Waals surface area (Å²) < 4.78 is 5.15. The minimum Gasteiger partial charge on any atom is -0.358 e. The SMILES string of the molecule is COC1C=CC(CN)=CN1C. The number of hydrogen-bond donors (Lipinski definition) is 1. The molecule has 1 heterocycles. The maximum absolute atomic E-state index is 5.47. The van der Waals surface area contributed by atoms with Gasteiger partial charge in [-0.15, -0.1) is 0 Å². The van der Waals surface area contributed by atoms with E-state index in [1.54, 1.807) is 7.11 Å². The standard InChI is InChI=1S/C8H14N2O/c1-10-6-7(5-9)3-4-8(10)11-2/h3-4,6,8H,5,9H2,1-2H3. The van der Waals surface area contributed by atoms with Gasteiger partial charge < -0.3 is 15.4 Å². The number of nitrogens with two attached hydrogens (primary N) is 1. The first-order valence-corrected chi connectivity index (χ1v) is 3.61. The zero-order chi connectivity index (χ0) is 8.27. The first-order chi connectivity index (χ1) is 5.27. The molecule has 2 N–H and O–H groups in total. The molecule has 1 aliphatic rings. The van der Waals surface area contributed by atoms with Crippen molar-refractivity contribution in [3.05, 3.63) is 23.9 Å². The number of rotatable bonds is 2. The summed E-state index contributed by atoms with van der Waals surface area (Å²) >= 11 is 0. The van der Waals surface area contributed by atoms with Crippen molar-refractivity contribution in [2.24, 2.45) is 5.73 Å². The minimum absolute atomic E-state index is 0.0605. The van der Waals surface area contributed by atoms with E-state index in [0.717, 1.165) is 5.57 Å². The number of ether oxygens (including phenoxy) is 1. The lowest BCUT2D eigenvalue weighted by atomic mass is 10.2. The van der Waals surface area contributed by atoms with Gasteiger partial charge in [0.1, 0.15) is 6.23 Å². The van der Waals surface area contributed by atoms with Crippen molar-refractivity contribution in [2.45, 2.75) is 6.23 Å². The van der Waals surface area contributed by atoms with Crippen molar-refractivity contribution < 1.29 is 4.74 Å². The molecule has 0 aromatic heterocycles. The molecular weight excluding hydrogens is 140 g/mol. The van der Waals surface area contributed by atoms with Gasteiger partial charge in [0.05, 0.1) is 0 Å². The highest BCUT2D eigenvalue weighted by Gasteiger charge is 2.10. The molecule has 3 heteroatoms. The van der Waals surface area contributed by atoms with E-state index in [2.05, 4.69) is 0 Å². The normalized spacial score (nSPS) is 23.7. The van der Waals surface area contributed by atoms with Crippen LogP contribution < -0.4 is 5.73 Å². The van der Waals surface area contributed by atoms with E-state index in [1.165, 1.54) is 0 Å². The molecule has 1 atom stereocenters. The second-order valence-electron chi connectivity index (χ2n) is 2.56. The lowest BCUT2D eigenvalue weighted by molar-refractivity contribution is 0.0440. The smallest absolute Gasteiger partial charge is 0.148 e. The first kappa shape index (κ1) is 8.30. The average Bonchev–Trinajstić information content (AvgIpc) is 2.04. The summed E-state index contributed by atoms with van der Waals surface area (Å²) in [4.78, 5) is 1.99. The average molecular weight is 154 g/mol. The number of likely N-dealkylation sites (N-methyl/N-ethyl adjacent to an activating group) is 1. The first-order valence-electron chi connectivity index (χ1n) is 3.61. The van der Waals surface area contributed by atoms with E-state index >= 15 is 0 Å². The second-order valence-corrected chi connectivity index (χ2v) is 2.56. The highest BCUT2D eigenvalue weighted by Crippen LogP contribution is 2.10. The monoisotopic (exact) mass is 154 g/mol.